The largest absolute Gasteiger partial charge is 0.390 e. The number of nitrogens with two attached hydrogens (primary N) is 1. The maximum absolute atomic E-state index is 13.6. The van der Waals surface area contributed by atoms with Gasteiger partial charge in [0.2, 0.25) is 0 Å². The SMILES string of the molecule is CC1(O)CCN(Cc2cc(F)cc(C#CCN)c2)CC1. The molecule has 1 aromatic rings. The van der Waals surface area contributed by atoms with Gasteiger partial charge in [-0.25, -0.2) is 4.39 Å². The minimum Gasteiger partial charge on any atom is -0.390 e. The Morgan fingerprint density at radius 2 is 2.05 bits per heavy atom. The molecule has 4 heteroatoms. The topological polar surface area (TPSA) is 49.5 Å². The monoisotopic (exact) mass is 276 g/mol. The highest BCUT2D eigenvalue weighted by Gasteiger charge is 2.27. The summed E-state index contributed by atoms with van der Waals surface area (Å²) in [5.74, 6) is 5.33. The Balaban J connectivity index is 2.04. The van der Waals surface area contributed by atoms with Gasteiger partial charge in [-0.1, -0.05) is 11.8 Å². The summed E-state index contributed by atoms with van der Waals surface area (Å²) in [6.07, 6.45) is 1.50. The van der Waals surface area contributed by atoms with Gasteiger partial charge in [0.25, 0.3) is 0 Å². The smallest absolute Gasteiger partial charge is 0.124 e. The zero-order chi connectivity index (χ0) is 14.6. The first-order chi connectivity index (χ1) is 9.48. The molecule has 2 rings (SSSR count). The van der Waals surface area contributed by atoms with E-state index in [1.165, 1.54) is 6.07 Å². The van der Waals surface area contributed by atoms with E-state index in [0.717, 1.165) is 31.5 Å². The van der Waals surface area contributed by atoms with Gasteiger partial charge in [-0.15, -0.1) is 0 Å². The molecule has 0 aromatic heterocycles. The molecular formula is C16H21FN2O. The number of likely N-dealkylation sites (tertiary alicyclic amines) is 1. The molecule has 0 atom stereocenters. The molecule has 1 heterocycles. The van der Waals surface area contributed by atoms with E-state index in [4.69, 9.17) is 5.73 Å². The summed E-state index contributed by atoms with van der Waals surface area (Å²) < 4.78 is 13.6. The number of hydrogen-bond donors (Lipinski definition) is 2. The van der Waals surface area contributed by atoms with Crippen molar-refractivity contribution in [1.82, 2.24) is 4.90 Å². The Morgan fingerprint density at radius 3 is 2.70 bits per heavy atom. The van der Waals surface area contributed by atoms with Crippen molar-refractivity contribution in [2.24, 2.45) is 5.73 Å². The van der Waals surface area contributed by atoms with Crippen molar-refractivity contribution < 1.29 is 9.50 Å². The van der Waals surface area contributed by atoms with Gasteiger partial charge in [0.15, 0.2) is 0 Å². The molecule has 0 amide bonds. The van der Waals surface area contributed by atoms with Gasteiger partial charge in [-0.3, -0.25) is 4.90 Å². The van der Waals surface area contributed by atoms with E-state index >= 15 is 0 Å². The van der Waals surface area contributed by atoms with Crippen molar-refractivity contribution in [2.45, 2.75) is 31.9 Å². The molecule has 0 bridgehead atoms. The van der Waals surface area contributed by atoms with E-state index in [2.05, 4.69) is 16.7 Å². The summed E-state index contributed by atoms with van der Waals surface area (Å²) >= 11 is 0. The second-order valence-corrected chi connectivity index (χ2v) is 5.63. The molecule has 1 aliphatic heterocycles. The average molecular weight is 276 g/mol. The van der Waals surface area contributed by atoms with Crippen molar-refractivity contribution in [3.8, 4) is 11.8 Å². The number of aliphatic hydroxyl groups is 1. The van der Waals surface area contributed by atoms with E-state index in [-0.39, 0.29) is 12.4 Å². The van der Waals surface area contributed by atoms with Crippen LogP contribution in [0.3, 0.4) is 0 Å². The van der Waals surface area contributed by atoms with Gasteiger partial charge < -0.3 is 10.8 Å². The lowest BCUT2D eigenvalue weighted by molar-refractivity contribution is -0.00732. The van der Waals surface area contributed by atoms with Crippen molar-refractivity contribution >= 4 is 0 Å². The molecule has 1 fully saturated rings. The molecule has 1 saturated heterocycles. The fraction of sp³-hybridized carbons (Fsp3) is 0.500. The minimum absolute atomic E-state index is 0.271. The Labute approximate surface area is 119 Å². The summed E-state index contributed by atoms with van der Waals surface area (Å²) in [6.45, 7) is 4.48. The first-order valence-electron chi connectivity index (χ1n) is 6.92. The number of benzene rings is 1. The van der Waals surface area contributed by atoms with Crippen LogP contribution in [0.25, 0.3) is 0 Å². The van der Waals surface area contributed by atoms with Crippen LogP contribution in [-0.2, 0) is 6.54 Å². The Kier molecular flexibility index (Phi) is 4.77. The van der Waals surface area contributed by atoms with Gasteiger partial charge in [0.1, 0.15) is 5.82 Å². The summed E-state index contributed by atoms with van der Waals surface area (Å²) in [5, 5.41) is 9.93. The Bertz CT molecular complexity index is 521. The normalized spacial score (nSPS) is 18.4. The Hall–Kier alpha value is -1.41. The third kappa shape index (κ3) is 4.31. The predicted octanol–water partition coefficient (Wildman–Crippen LogP) is 1.48. The zero-order valence-electron chi connectivity index (χ0n) is 11.8. The number of piperidine rings is 1. The quantitative estimate of drug-likeness (QED) is 0.805. The lowest BCUT2D eigenvalue weighted by atomic mass is 9.93. The first kappa shape index (κ1) is 15.0. The second-order valence-electron chi connectivity index (χ2n) is 5.63. The molecule has 1 aliphatic rings. The van der Waals surface area contributed by atoms with Crippen LogP contribution in [0.2, 0.25) is 0 Å². The van der Waals surface area contributed by atoms with Gasteiger partial charge in [-0.2, -0.15) is 0 Å². The van der Waals surface area contributed by atoms with Gasteiger partial charge in [-0.05, 0) is 43.5 Å². The predicted molar refractivity (Wildman–Crippen MR) is 77.5 cm³/mol. The number of hydrogen-bond acceptors (Lipinski definition) is 3. The van der Waals surface area contributed by atoms with Crippen LogP contribution in [0.15, 0.2) is 18.2 Å². The van der Waals surface area contributed by atoms with Gasteiger partial charge >= 0.3 is 0 Å². The molecule has 0 saturated carbocycles. The van der Waals surface area contributed by atoms with Crippen molar-refractivity contribution in [3.05, 3.63) is 35.1 Å². The van der Waals surface area contributed by atoms with Crippen LogP contribution >= 0.6 is 0 Å². The van der Waals surface area contributed by atoms with Crippen LogP contribution in [0, 0.1) is 17.7 Å². The van der Waals surface area contributed by atoms with E-state index in [9.17, 15) is 9.50 Å². The fourth-order valence-electron chi connectivity index (χ4n) is 2.42. The van der Waals surface area contributed by atoms with Crippen molar-refractivity contribution in [1.29, 1.82) is 0 Å². The number of halogens is 1. The number of nitrogens with zero attached hydrogens (tertiary/aromatic N) is 1. The highest BCUT2D eigenvalue weighted by molar-refractivity contribution is 5.38. The molecule has 0 unspecified atom stereocenters. The second kappa shape index (κ2) is 6.36. The standard InChI is InChI=1S/C16H21FN2O/c1-16(20)4-7-19(8-5-16)12-14-9-13(3-2-6-18)10-15(17)11-14/h9-11,20H,4-8,12,18H2,1H3. The third-order valence-corrected chi connectivity index (χ3v) is 3.63. The van der Waals surface area contributed by atoms with Crippen molar-refractivity contribution in [3.63, 3.8) is 0 Å². The van der Waals surface area contributed by atoms with Gasteiger partial charge in [0.05, 0.1) is 12.1 Å². The molecule has 0 spiro atoms. The van der Waals surface area contributed by atoms with Crippen molar-refractivity contribution in [2.75, 3.05) is 19.6 Å². The fourth-order valence-corrected chi connectivity index (χ4v) is 2.42. The number of rotatable bonds is 2. The lowest BCUT2D eigenvalue weighted by Gasteiger charge is -2.35. The zero-order valence-corrected chi connectivity index (χ0v) is 11.8. The average Bonchev–Trinajstić information content (AvgIpc) is 2.38. The summed E-state index contributed by atoms with van der Waals surface area (Å²) in [7, 11) is 0. The van der Waals surface area contributed by atoms with E-state index in [1.807, 2.05) is 13.0 Å². The van der Waals surface area contributed by atoms with Crippen LogP contribution in [0.5, 0.6) is 0 Å². The maximum Gasteiger partial charge on any atom is 0.124 e. The molecule has 0 radical (unpaired) electrons. The summed E-state index contributed by atoms with van der Waals surface area (Å²) in [6, 6.07) is 4.87. The first-order valence-corrected chi connectivity index (χ1v) is 6.92. The van der Waals surface area contributed by atoms with Crippen LogP contribution in [0.1, 0.15) is 30.9 Å². The minimum atomic E-state index is -0.559. The van der Waals surface area contributed by atoms with Crippen LogP contribution in [0.4, 0.5) is 4.39 Å². The highest BCUT2D eigenvalue weighted by Crippen LogP contribution is 2.22. The van der Waals surface area contributed by atoms with E-state index < -0.39 is 5.60 Å². The molecule has 1 aromatic carbocycles. The van der Waals surface area contributed by atoms with Crippen LogP contribution < -0.4 is 5.73 Å². The van der Waals surface area contributed by atoms with Gasteiger partial charge in [0, 0.05) is 25.2 Å². The van der Waals surface area contributed by atoms with E-state index in [0.29, 0.717) is 12.1 Å². The molecule has 108 valence electrons. The Morgan fingerprint density at radius 1 is 1.35 bits per heavy atom. The molecule has 3 nitrogen and oxygen atoms in total. The maximum atomic E-state index is 13.6. The summed E-state index contributed by atoms with van der Waals surface area (Å²) in [4.78, 5) is 2.23. The van der Waals surface area contributed by atoms with Crippen LogP contribution in [-0.4, -0.2) is 35.2 Å². The molecule has 20 heavy (non-hydrogen) atoms. The molecular weight excluding hydrogens is 255 g/mol. The van der Waals surface area contributed by atoms with E-state index in [1.54, 1.807) is 6.07 Å². The lowest BCUT2D eigenvalue weighted by Crippen LogP contribution is -2.41. The highest BCUT2D eigenvalue weighted by atomic mass is 19.1. The molecule has 3 N–H and O–H groups in total. The molecule has 0 aliphatic carbocycles. The summed E-state index contributed by atoms with van der Waals surface area (Å²) in [5.41, 5.74) is 6.34. The third-order valence-electron chi connectivity index (χ3n) is 3.63.